The minimum absolute atomic E-state index is 0.0174. The molecule has 9 rings (SSSR count). The normalized spacial score (nSPS) is 20.7. The summed E-state index contributed by atoms with van der Waals surface area (Å²) in [6.45, 7) is 6.95. The molecule has 1 fully saturated rings. The van der Waals surface area contributed by atoms with Crippen molar-refractivity contribution in [1.82, 2.24) is 4.90 Å². The van der Waals surface area contributed by atoms with Crippen molar-refractivity contribution in [3.05, 3.63) is 166 Å². The Labute approximate surface area is 483 Å². The van der Waals surface area contributed by atoms with Gasteiger partial charge in [-0.25, -0.2) is 4.79 Å². The Morgan fingerprint density at radius 3 is 2.16 bits per heavy atom. The number of aliphatic hydroxyl groups is 2. The Bertz CT molecular complexity index is 2930. The summed E-state index contributed by atoms with van der Waals surface area (Å²) in [5.41, 5.74) is 5.96. The highest BCUT2D eigenvalue weighted by Gasteiger charge is 2.66. The number of carbonyl (C=O) groups excluding carboxylic acids is 1. The van der Waals surface area contributed by atoms with Gasteiger partial charge in [0.05, 0.1) is 29.8 Å². The number of nitro benzene ring substituents is 1. The van der Waals surface area contributed by atoms with Gasteiger partial charge in [0.1, 0.15) is 29.9 Å². The lowest BCUT2D eigenvalue weighted by atomic mass is 9.55. The maximum Gasteiger partial charge on any atom is 0.410 e. The summed E-state index contributed by atoms with van der Waals surface area (Å²) in [4.78, 5) is 34.6. The molecule has 15 nitrogen and oxygen atoms in total. The van der Waals surface area contributed by atoms with Gasteiger partial charge in [0.25, 0.3) is 5.69 Å². The molecule has 0 bridgehead atoms. The molecule has 2 heterocycles. The van der Waals surface area contributed by atoms with Gasteiger partial charge in [-0.05, 0) is 126 Å². The number of hydrogen-bond acceptors (Lipinski definition) is 13. The van der Waals surface area contributed by atoms with Gasteiger partial charge in [0, 0.05) is 49.8 Å². The minimum Gasteiger partial charge on any atom is -0.459 e. The molecule has 4 aliphatic rings. The molecule has 82 heavy (non-hydrogen) atoms. The topological polar surface area (TPSA) is 181 Å². The minimum atomic E-state index is -1.57. The summed E-state index contributed by atoms with van der Waals surface area (Å²) in [5, 5.41) is 36.9. The molecule has 436 valence electrons. The Morgan fingerprint density at radius 1 is 0.768 bits per heavy atom. The molecule has 2 aliphatic heterocycles. The third-order valence-corrected chi connectivity index (χ3v) is 16.5. The van der Waals surface area contributed by atoms with Crippen LogP contribution in [0.25, 0.3) is 11.1 Å². The third-order valence-electron chi connectivity index (χ3n) is 16.5. The van der Waals surface area contributed by atoms with Crippen molar-refractivity contribution >= 4 is 17.5 Å². The van der Waals surface area contributed by atoms with Crippen LogP contribution in [0.2, 0.25) is 0 Å². The number of amides is 1. The zero-order valence-corrected chi connectivity index (χ0v) is 47.5. The average Bonchev–Trinajstić information content (AvgIpc) is 0.901. The molecule has 0 radical (unpaired) electrons. The first-order valence-electron chi connectivity index (χ1n) is 29.8. The Balaban J connectivity index is 1.14. The molecule has 1 saturated carbocycles. The van der Waals surface area contributed by atoms with Gasteiger partial charge >= 0.3 is 6.09 Å². The number of ether oxygens (including phenoxy) is 6. The molecule has 2 N–H and O–H groups in total. The molecule has 0 spiro atoms. The van der Waals surface area contributed by atoms with Crippen molar-refractivity contribution < 1.29 is 53.2 Å². The number of nitro groups is 1. The quantitative estimate of drug-likeness (QED) is 0.0180. The second-order valence-electron chi connectivity index (χ2n) is 22.1. The van der Waals surface area contributed by atoms with Crippen molar-refractivity contribution in [3.63, 3.8) is 0 Å². The summed E-state index contributed by atoms with van der Waals surface area (Å²) >= 11 is 0. The van der Waals surface area contributed by atoms with Crippen LogP contribution in [-0.2, 0) is 27.5 Å². The second kappa shape index (κ2) is 29.7. The first kappa shape index (κ1) is 59.4. The van der Waals surface area contributed by atoms with Crippen molar-refractivity contribution in [2.24, 2.45) is 22.9 Å². The van der Waals surface area contributed by atoms with E-state index in [-0.39, 0.29) is 76.2 Å². The van der Waals surface area contributed by atoms with Crippen LogP contribution in [0.5, 0.6) is 28.7 Å². The number of rotatable bonds is 32. The number of oxime groups is 1. The summed E-state index contributed by atoms with van der Waals surface area (Å²) in [6, 6.07) is 35.1. The van der Waals surface area contributed by atoms with Crippen molar-refractivity contribution in [2.75, 3.05) is 33.2 Å². The van der Waals surface area contributed by atoms with Crippen molar-refractivity contribution in [2.45, 2.75) is 147 Å². The first-order valence-corrected chi connectivity index (χ1v) is 29.8. The lowest BCUT2D eigenvalue weighted by Crippen LogP contribution is -2.70. The Morgan fingerprint density at radius 2 is 1.44 bits per heavy atom. The lowest BCUT2D eigenvalue weighted by molar-refractivity contribution is -0.384. The van der Waals surface area contributed by atoms with Gasteiger partial charge in [0.2, 0.25) is 12.6 Å². The van der Waals surface area contributed by atoms with Crippen LogP contribution in [0.15, 0.2) is 145 Å². The van der Waals surface area contributed by atoms with Gasteiger partial charge < -0.3 is 43.5 Å². The number of benzene rings is 5. The van der Waals surface area contributed by atoms with E-state index in [2.05, 4.69) is 37.8 Å². The lowest BCUT2D eigenvalue weighted by Gasteiger charge is -2.59. The summed E-state index contributed by atoms with van der Waals surface area (Å²) in [5.74, 6) is 0.486. The molecule has 2 aliphatic carbocycles. The average molecular weight is 1120 g/mol. The zero-order valence-electron chi connectivity index (χ0n) is 47.5. The molecule has 0 saturated heterocycles. The number of unbranched alkanes of at least 4 members (excludes halogenated alkanes) is 11. The number of fused-ring (bicyclic) bond motifs is 3. The molecule has 5 aromatic carbocycles. The van der Waals surface area contributed by atoms with Crippen LogP contribution in [0.3, 0.4) is 0 Å². The molecule has 1 amide bonds. The van der Waals surface area contributed by atoms with Crippen LogP contribution in [0.1, 0.15) is 139 Å². The second-order valence-corrected chi connectivity index (χ2v) is 22.1. The number of non-ortho nitro benzene ring substituents is 1. The fourth-order valence-corrected chi connectivity index (χ4v) is 12.5. The number of carbonyl (C=O) groups is 1. The summed E-state index contributed by atoms with van der Waals surface area (Å²) in [6.07, 6.45) is 19.2. The summed E-state index contributed by atoms with van der Waals surface area (Å²) in [7, 11) is 0. The van der Waals surface area contributed by atoms with Crippen LogP contribution in [0, 0.1) is 27.9 Å². The molecule has 5 aromatic rings. The zero-order chi connectivity index (χ0) is 57.1. The number of aliphatic hydroxyl groups excluding tert-OH is 2. The maximum absolute atomic E-state index is 15.4. The van der Waals surface area contributed by atoms with E-state index < -0.39 is 28.8 Å². The van der Waals surface area contributed by atoms with Crippen LogP contribution in [-0.4, -0.2) is 76.9 Å². The third kappa shape index (κ3) is 14.7. The predicted octanol–water partition coefficient (Wildman–Crippen LogP) is 15.2. The smallest absolute Gasteiger partial charge is 0.410 e. The first-order chi connectivity index (χ1) is 40.2. The van der Waals surface area contributed by atoms with E-state index in [9.17, 15) is 20.3 Å². The maximum atomic E-state index is 15.4. The molecule has 6 atom stereocenters. The van der Waals surface area contributed by atoms with E-state index in [1.165, 1.54) is 50.7 Å². The van der Waals surface area contributed by atoms with E-state index in [0.29, 0.717) is 59.3 Å². The van der Waals surface area contributed by atoms with Crippen LogP contribution < -0.4 is 18.9 Å². The molecule has 15 heteroatoms. The molecular weight excluding hydrogens is 1040 g/mol. The fraction of sp³-hybridized carbons (Fsp3) is 0.463. The largest absolute Gasteiger partial charge is 0.459 e. The number of nitrogens with zero attached hydrogens (tertiary/aromatic N) is 3. The summed E-state index contributed by atoms with van der Waals surface area (Å²) < 4.78 is 39.5. The van der Waals surface area contributed by atoms with Gasteiger partial charge in [-0.1, -0.05) is 143 Å². The van der Waals surface area contributed by atoms with E-state index >= 15 is 4.79 Å². The molecule has 6 unspecified atom stereocenters. The van der Waals surface area contributed by atoms with E-state index in [4.69, 9.17) is 38.4 Å². The van der Waals surface area contributed by atoms with Gasteiger partial charge in [-0.2, -0.15) is 0 Å². The standard InChI is InChI=1S/C67H81N3O12/c1-3-5-6-7-8-9-10-11-12-20-40-76-66(73)69(45-49-27-35-61-62(41-49)78-47-77-61)63-44-59(68-80-46-48-25-30-53(31-26-48)70(74)75)57-42-52(23-16-18-37-71)56(24-17-19-38-72)64-58-43-55(34-36-60(58)82-67(63,65(57)64)79-39-4-2)81-54-32-28-51(29-33-54)50-21-14-13-15-22-50/h4,13-15,21-22,25-36,41-43,52,56,63-65,71-72H,2-3,5-12,16-20,23-24,37-40,44-47H2,1H3. The highest BCUT2D eigenvalue weighted by atomic mass is 16.7. The molecular formula is C67H81N3O12. The Kier molecular flexibility index (Phi) is 21.5. The van der Waals surface area contributed by atoms with E-state index in [1.807, 2.05) is 72.8 Å². The number of hydrogen-bond donors (Lipinski definition) is 2. The number of allylic oxidation sites excluding steroid dienone is 1. The molecule has 0 aromatic heterocycles. The van der Waals surface area contributed by atoms with Gasteiger partial charge in [0.15, 0.2) is 11.5 Å². The van der Waals surface area contributed by atoms with Gasteiger partial charge in [-0.3, -0.25) is 15.0 Å². The Hall–Kier alpha value is -7.20. The highest BCUT2D eigenvalue weighted by Crippen LogP contribution is 2.62. The van der Waals surface area contributed by atoms with E-state index in [1.54, 1.807) is 23.1 Å². The van der Waals surface area contributed by atoms with Crippen molar-refractivity contribution in [1.29, 1.82) is 0 Å². The SMILES string of the molecule is C=CCOC12Oc3ccc(Oc4ccc(-c5ccccc5)cc4)cc3C3C(CCCCO)C(CCCCO)C=C(C(=NOCc4ccc([N+](=O)[O-])cc4)CC1N(Cc1ccc4c(c1)OCO4)C(=O)OCCCCCCCCCCCC)C32. The fourth-order valence-electron chi connectivity index (χ4n) is 12.5. The van der Waals surface area contributed by atoms with Crippen molar-refractivity contribution in [3.8, 4) is 39.9 Å². The van der Waals surface area contributed by atoms with Crippen LogP contribution >= 0.6 is 0 Å². The van der Waals surface area contributed by atoms with Gasteiger partial charge in [-0.15, -0.1) is 6.58 Å². The monoisotopic (exact) mass is 1120 g/mol. The van der Waals surface area contributed by atoms with E-state index in [0.717, 1.165) is 72.8 Å². The predicted molar refractivity (Wildman–Crippen MR) is 316 cm³/mol. The van der Waals surface area contributed by atoms with Crippen LogP contribution in [0.4, 0.5) is 10.5 Å². The highest BCUT2D eigenvalue weighted by molar-refractivity contribution is 6.03.